The van der Waals surface area contributed by atoms with Gasteiger partial charge in [-0.3, -0.25) is 0 Å². The molecule has 1 aromatic rings. The molecule has 0 aliphatic carbocycles. The van der Waals surface area contributed by atoms with E-state index in [1.165, 1.54) is 11.6 Å². The number of ether oxygens (including phenoxy) is 1. The van der Waals surface area contributed by atoms with Crippen LogP contribution in [0, 0.1) is 6.92 Å². The number of epoxide rings is 1. The van der Waals surface area contributed by atoms with Crippen LogP contribution in [0.1, 0.15) is 11.1 Å². The summed E-state index contributed by atoms with van der Waals surface area (Å²) >= 11 is 0.959. The van der Waals surface area contributed by atoms with Gasteiger partial charge < -0.3 is 14.9 Å². The minimum Gasteiger partial charge on any atom is -0.479 e. The number of carbonyl (C=O) groups is 2. The summed E-state index contributed by atoms with van der Waals surface area (Å²) in [6, 6.07) is 8.76. The normalized spacial score (nSPS) is 20.6. The van der Waals surface area contributed by atoms with Gasteiger partial charge in [-0.25, -0.2) is 9.59 Å². The number of benzene rings is 1. The Kier molecular flexibility index (Phi) is 6.48. The first kappa shape index (κ1) is 15.8. The molecule has 0 saturated carbocycles. The van der Waals surface area contributed by atoms with Gasteiger partial charge in [0.25, 0.3) is 0 Å². The zero-order valence-electron chi connectivity index (χ0n) is 10.3. The third kappa shape index (κ3) is 5.17. The summed E-state index contributed by atoms with van der Waals surface area (Å²) in [7, 11) is 0. The van der Waals surface area contributed by atoms with Gasteiger partial charge in [-0.05, 0) is 0 Å². The summed E-state index contributed by atoms with van der Waals surface area (Å²) in [4.78, 5) is 19.8. The van der Waals surface area contributed by atoms with Gasteiger partial charge in [0.1, 0.15) is 0 Å². The van der Waals surface area contributed by atoms with Gasteiger partial charge in [0.05, 0.1) is 0 Å². The molecule has 2 unspecified atom stereocenters. The first-order valence-electron chi connectivity index (χ1n) is 5.62. The monoisotopic (exact) mass is 276 g/mol. The topological polar surface area (TPSA) is 87.1 Å². The Bertz CT molecular complexity index is 428. The number of hydrogen-bond acceptors (Lipinski definition) is 3. The minimum atomic E-state index is -1.22. The van der Waals surface area contributed by atoms with Crippen LogP contribution in [0.15, 0.2) is 24.3 Å². The SMILES string of the molecule is Cc1cccc([CH2][K])c1.O=C(O)C1OC1C(=O)O. The number of aryl methyl sites for hydroxylation is 1. The zero-order valence-corrected chi connectivity index (χ0v) is 13.4. The Hall–Kier alpha value is -0.244. The van der Waals surface area contributed by atoms with Gasteiger partial charge in [0, 0.05) is 0 Å². The van der Waals surface area contributed by atoms with Crippen molar-refractivity contribution in [3.05, 3.63) is 35.4 Å². The molecular weight excluding hydrogens is 263 g/mol. The zero-order chi connectivity index (χ0) is 13.7. The molecule has 0 amide bonds. The van der Waals surface area contributed by atoms with Crippen molar-refractivity contribution in [2.75, 3.05) is 0 Å². The molecule has 2 atom stereocenters. The van der Waals surface area contributed by atoms with Crippen molar-refractivity contribution < 1.29 is 24.5 Å². The summed E-state index contributed by atoms with van der Waals surface area (Å²) in [5.74, 6) is -2.44. The fourth-order valence-corrected chi connectivity index (χ4v) is 2.11. The summed E-state index contributed by atoms with van der Waals surface area (Å²) in [6.07, 6.45) is -2.25. The van der Waals surface area contributed by atoms with Gasteiger partial charge in [-0.1, -0.05) is 0 Å². The molecule has 6 heteroatoms. The molecule has 1 saturated heterocycles. The molecule has 2 rings (SSSR count). The molecular formula is C12H13KO5. The van der Waals surface area contributed by atoms with Crippen LogP contribution in [0.25, 0.3) is 0 Å². The van der Waals surface area contributed by atoms with E-state index in [0.717, 1.165) is 49.0 Å². The quantitative estimate of drug-likeness (QED) is 0.623. The van der Waals surface area contributed by atoms with Crippen LogP contribution >= 0.6 is 0 Å². The van der Waals surface area contributed by atoms with Crippen LogP contribution in [0.5, 0.6) is 0 Å². The van der Waals surface area contributed by atoms with Gasteiger partial charge >= 0.3 is 104 Å². The predicted molar refractivity (Wildman–Crippen MR) is 64.6 cm³/mol. The Morgan fingerprint density at radius 2 is 1.83 bits per heavy atom. The van der Waals surface area contributed by atoms with Gasteiger partial charge in [0.15, 0.2) is 12.2 Å². The fourth-order valence-electron chi connectivity index (χ4n) is 1.42. The van der Waals surface area contributed by atoms with Crippen LogP contribution < -0.4 is 0 Å². The van der Waals surface area contributed by atoms with E-state index >= 15 is 0 Å². The van der Waals surface area contributed by atoms with Gasteiger partial charge in [0.2, 0.25) is 0 Å². The number of rotatable bonds is 3. The number of carboxylic acid groups (broad SMARTS) is 2. The van der Waals surface area contributed by atoms with E-state index in [9.17, 15) is 9.59 Å². The fraction of sp³-hybridized carbons (Fsp3) is 0.333. The van der Waals surface area contributed by atoms with E-state index < -0.39 is 24.1 Å². The smallest absolute Gasteiger partial charge is 0.336 e. The van der Waals surface area contributed by atoms with Crippen molar-refractivity contribution >= 4 is 60.9 Å². The first-order valence-corrected chi connectivity index (χ1v) is 7.83. The number of carboxylic acids is 2. The maximum Gasteiger partial charge on any atom is 0.336 e. The van der Waals surface area contributed by atoms with E-state index in [0.29, 0.717) is 0 Å². The van der Waals surface area contributed by atoms with Crippen LogP contribution in [0.2, 0.25) is 0 Å². The van der Waals surface area contributed by atoms with Crippen molar-refractivity contribution in [1.82, 2.24) is 0 Å². The second-order valence-electron chi connectivity index (χ2n) is 4.00. The van der Waals surface area contributed by atoms with Crippen molar-refractivity contribution in [3.8, 4) is 0 Å². The number of hydrogen-bond donors (Lipinski definition) is 2. The summed E-state index contributed by atoms with van der Waals surface area (Å²) < 4.78 is 5.57. The maximum absolute atomic E-state index is 9.89. The Labute approximate surface area is 139 Å². The van der Waals surface area contributed by atoms with Crippen LogP contribution in [-0.4, -0.2) is 83.3 Å². The molecule has 0 bridgehead atoms. The Balaban J connectivity index is 0.000000180. The molecule has 18 heavy (non-hydrogen) atoms. The molecule has 1 heterocycles. The Morgan fingerprint density at radius 3 is 2.11 bits per heavy atom. The van der Waals surface area contributed by atoms with E-state index in [4.69, 9.17) is 10.2 Å². The first-order chi connectivity index (χ1) is 8.45. The molecule has 1 aliphatic rings. The van der Waals surface area contributed by atoms with Crippen molar-refractivity contribution in [1.29, 1.82) is 0 Å². The average Bonchev–Trinajstić information content (AvgIpc) is 3.09. The van der Waals surface area contributed by atoms with Crippen LogP contribution in [-0.2, 0) is 14.8 Å². The van der Waals surface area contributed by atoms with Crippen molar-refractivity contribution in [2.24, 2.45) is 0 Å². The van der Waals surface area contributed by atoms with E-state index in [2.05, 4.69) is 35.9 Å². The van der Waals surface area contributed by atoms with E-state index in [1.807, 2.05) is 0 Å². The second kappa shape index (κ2) is 7.37. The molecule has 0 radical (unpaired) electrons. The number of aliphatic carboxylic acids is 2. The molecule has 92 valence electrons. The summed E-state index contributed by atoms with van der Waals surface area (Å²) in [5.41, 5.74) is 2.90. The average molecular weight is 276 g/mol. The largest absolute Gasteiger partial charge is 0.479 e. The predicted octanol–water partition coefficient (Wildman–Crippen LogP) is 0.587. The molecule has 1 fully saturated rings. The third-order valence-electron chi connectivity index (χ3n) is 2.47. The third-order valence-corrected chi connectivity index (χ3v) is 3.74. The minimum absolute atomic E-state index is 0.959. The molecule has 1 aromatic carbocycles. The van der Waals surface area contributed by atoms with E-state index in [1.54, 1.807) is 0 Å². The molecule has 5 nitrogen and oxygen atoms in total. The Morgan fingerprint density at radius 1 is 1.28 bits per heavy atom. The van der Waals surface area contributed by atoms with E-state index in [-0.39, 0.29) is 0 Å². The second-order valence-corrected chi connectivity index (χ2v) is 5.10. The van der Waals surface area contributed by atoms with Crippen molar-refractivity contribution in [3.63, 3.8) is 0 Å². The summed E-state index contributed by atoms with van der Waals surface area (Å²) in [6.45, 7) is 2.14. The van der Waals surface area contributed by atoms with Crippen LogP contribution in [0.4, 0.5) is 0 Å². The molecule has 1 aliphatic heterocycles. The van der Waals surface area contributed by atoms with Crippen LogP contribution in [0.3, 0.4) is 0 Å². The molecule has 2 N–H and O–H groups in total. The summed E-state index contributed by atoms with van der Waals surface area (Å²) in [5, 5.41) is 16.2. The molecule has 0 spiro atoms. The maximum atomic E-state index is 9.89. The van der Waals surface area contributed by atoms with Crippen molar-refractivity contribution in [2.45, 2.75) is 19.6 Å². The van der Waals surface area contributed by atoms with Gasteiger partial charge in [-0.2, -0.15) is 0 Å². The molecule has 0 aromatic heterocycles. The standard InChI is InChI=1S/C8H9.C4H4O5.K/c1-7-4-3-5-8(2)6-7;5-3(6)1-2(9-1)4(7)8;/h3-6H,1H2,2H3;1-2H,(H,5,6)(H,7,8);. The van der Waals surface area contributed by atoms with Gasteiger partial charge in [-0.15, -0.1) is 0 Å².